The van der Waals surface area contributed by atoms with Gasteiger partial charge in [-0.25, -0.2) is 0 Å². The van der Waals surface area contributed by atoms with Gasteiger partial charge in [0.1, 0.15) is 0 Å². The Morgan fingerprint density at radius 3 is 0.407 bits per heavy atom. The first-order valence-corrected chi connectivity index (χ1v) is 12.1. The number of hydrogen-bond donors (Lipinski definition) is 4. The molecule has 4 fully saturated rings. The predicted molar refractivity (Wildman–Crippen MR) is 101 cm³/mol. The number of rotatable bonds is 12. The number of alkyl halides is 28. The molecule has 0 amide bonds. The van der Waals surface area contributed by atoms with Crippen LogP contribution in [0.1, 0.15) is 0 Å². The van der Waals surface area contributed by atoms with Gasteiger partial charge in [0.05, 0.1) is 0 Å². The summed E-state index contributed by atoms with van der Waals surface area (Å²) in [7, 11) is 0. The van der Waals surface area contributed by atoms with Crippen molar-refractivity contribution in [3.63, 3.8) is 0 Å². The van der Waals surface area contributed by atoms with Crippen molar-refractivity contribution in [1.29, 1.82) is 0 Å². The molecule has 0 aliphatic heterocycles. The second-order valence-corrected chi connectivity index (χ2v) is 11.1. The minimum absolute atomic E-state index is 1.61. The lowest BCUT2D eigenvalue weighted by Gasteiger charge is -2.79. The van der Waals surface area contributed by atoms with Crippen molar-refractivity contribution >= 4 is 0 Å². The smallest absolute Gasteiger partial charge is 0.288 e. The molecule has 54 heavy (non-hydrogen) atoms. The zero-order valence-electron chi connectivity index (χ0n) is 23.5. The molecular formula is C18H8F28N4O4. The van der Waals surface area contributed by atoms with Crippen molar-refractivity contribution in [3.05, 3.63) is 0 Å². The highest BCUT2D eigenvalue weighted by Gasteiger charge is 3.24. The Morgan fingerprint density at radius 1 is 0.241 bits per heavy atom. The van der Waals surface area contributed by atoms with Gasteiger partial charge in [-0.1, -0.05) is 0 Å². The second kappa shape index (κ2) is 10.4. The van der Waals surface area contributed by atoms with Gasteiger partial charge < -0.3 is 0 Å². The lowest BCUT2D eigenvalue weighted by molar-refractivity contribution is -0.688. The van der Waals surface area contributed by atoms with E-state index in [1.165, 1.54) is 0 Å². The van der Waals surface area contributed by atoms with E-state index >= 15 is 52.7 Å². The maximum Gasteiger partial charge on any atom is 0.435 e. The zero-order chi connectivity index (χ0) is 43.8. The fourth-order valence-electron chi connectivity index (χ4n) is 5.66. The third-order valence-corrected chi connectivity index (χ3v) is 7.98. The molecule has 36 heteroatoms. The third kappa shape index (κ3) is 4.30. The van der Waals surface area contributed by atoms with Gasteiger partial charge in [-0.3, -0.25) is 41.9 Å². The van der Waals surface area contributed by atoms with Crippen molar-refractivity contribution < 1.29 is 142 Å². The van der Waals surface area contributed by atoms with Crippen LogP contribution in [-0.2, 0) is 18.9 Å². The maximum absolute atomic E-state index is 16.1. The fraction of sp³-hybridized carbons (Fsp3) is 1.00. The number of nitrogens with two attached hydrogens (primary N) is 4. The molecule has 8 nitrogen and oxygen atoms in total. The summed E-state index contributed by atoms with van der Waals surface area (Å²) in [5, 5.41) is 0. The quantitative estimate of drug-likeness (QED) is 0.150. The normalized spacial score (nSPS) is 34.7. The largest absolute Gasteiger partial charge is 0.435 e. The van der Waals surface area contributed by atoms with E-state index < -0.39 is 107 Å². The molecule has 320 valence electrons. The SMILES string of the molecule is NC(F)(F)C(F)(F)OC12C(F)(F)C3(OC(F)(F)C(N)(F)F)C(F)(F)C(OC(F)(F)C(N)(F)F)(C1(F)F)C(F)(F)C(OC(F)(F)C(N)(F)F)(C2(F)F)C3(F)F. The lowest BCUT2D eigenvalue weighted by Crippen LogP contribution is -3.13. The van der Waals surface area contributed by atoms with Gasteiger partial charge in [-0.2, -0.15) is 123 Å². The molecule has 0 aromatic carbocycles. The fourth-order valence-corrected chi connectivity index (χ4v) is 5.66. The Morgan fingerprint density at radius 2 is 0.333 bits per heavy atom. The lowest BCUT2D eigenvalue weighted by atomic mass is 9.38. The Kier molecular flexibility index (Phi) is 8.89. The summed E-state index contributed by atoms with van der Waals surface area (Å²) in [5.41, 5.74) is -24.9. The van der Waals surface area contributed by atoms with Crippen LogP contribution in [-0.4, -0.2) is 107 Å². The minimum Gasteiger partial charge on any atom is -0.288 e. The molecule has 4 bridgehead atoms. The van der Waals surface area contributed by atoms with Crippen molar-refractivity contribution in [2.24, 2.45) is 22.9 Å². The van der Waals surface area contributed by atoms with E-state index in [1.807, 2.05) is 0 Å². The topological polar surface area (TPSA) is 141 Å². The highest BCUT2D eigenvalue weighted by Crippen LogP contribution is 2.90. The van der Waals surface area contributed by atoms with Gasteiger partial charge in [0, 0.05) is 0 Å². The molecule has 0 unspecified atom stereocenters. The van der Waals surface area contributed by atoms with Gasteiger partial charge in [0.25, 0.3) is 22.4 Å². The number of hydrogen-bond acceptors (Lipinski definition) is 8. The minimum atomic E-state index is -9.60. The Balaban J connectivity index is 3.03. The van der Waals surface area contributed by atoms with Crippen LogP contribution in [0.2, 0.25) is 0 Å². The van der Waals surface area contributed by atoms with E-state index in [9.17, 15) is 70.2 Å². The van der Waals surface area contributed by atoms with E-state index in [2.05, 4.69) is 22.9 Å². The molecule has 4 rings (SSSR count). The van der Waals surface area contributed by atoms with Crippen LogP contribution in [0.4, 0.5) is 123 Å². The Labute approximate surface area is 272 Å². The van der Waals surface area contributed by atoms with E-state index in [-0.39, 0.29) is 0 Å². The summed E-state index contributed by atoms with van der Waals surface area (Å²) in [5.74, 6) is -57.6. The average Bonchev–Trinajstić information content (AvgIpc) is 2.85. The molecule has 4 saturated carbocycles. The van der Waals surface area contributed by atoms with Crippen LogP contribution in [0.5, 0.6) is 0 Å². The summed E-state index contributed by atoms with van der Waals surface area (Å²) in [6.07, 6.45) is -33.4. The first kappa shape index (κ1) is 46.1. The van der Waals surface area contributed by atoms with Crippen LogP contribution in [0.3, 0.4) is 0 Å². The molecule has 0 spiro atoms. The molecule has 0 radical (unpaired) electrons. The van der Waals surface area contributed by atoms with Crippen LogP contribution in [0.25, 0.3) is 0 Å². The summed E-state index contributed by atoms with van der Waals surface area (Å²) < 4.78 is 422. The number of ether oxygens (including phenoxy) is 4. The van der Waals surface area contributed by atoms with Crippen LogP contribution >= 0.6 is 0 Å². The van der Waals surface area contributed by atoms with E-state index in [4.69, 9.17) is 0 Å². The Bertz CT molecular complexity index is 1220. The standard InChI is InChI=1S/C18H8F28N4O4/c19-5(20)1(51-15(39,40)11(31,32)47)6(21,22)3(53-17(43,44)13(35,36)49)8(25,26)2(5,52-16(41,42)12(33,34)48)9(27,28)4(7(1,23)24,10(3,29)30)54-18(45,46)14(37,38)50/h47-50H2. The third-order valence-electron chi connectivity index (χ3n) is 7.98. The first-order valence-electron chi connectivity index (χ1n) is 12.1. The van der Waals surface area contributed by atoms with Gasteiger partial charge in [0.2, 0.25) is 0 Å². The molecular weight excluding hydrogens is 868 g/mol. The van der Waals surface area contributed by atoms with E-state index in [1.54, 1.807) is 18.9 Å². The van der Waals surface area contributed by atoms with E-state index in [0.717, 1.165) is 0 Å². The zero-order valence-corrected chi connectivity index (χ0v) is 23.5. The van der Waals surface area contributed by atoms with Crippen molar-refractivity contribution in [3.8, 4) is 0 Å². The van der Waals surface area contributed by atoms with Crippen LogP contribution in [0.15, 0.2) is 0 Å². The summed E-state index contributed by atoms with van der Waals surface area (Å²) in [6.45, 7) is 0. The molecule has 0 saturated heterocycles. The number of halogens is 28. The summed E-state index contributed by atoms with van der Waals surface area (Å²) >= 11 is 0. The van der Waals surface area contributed by atoms with E-state index in [0.29, 0.717) is 0 Å². The summed E-state index contributed by atoms with van der Waals surface area (Å²) in [6, 6.07) is -29.8. The van der Waals surface area contributed by atoms with Gasteiger partial charge in [-0.15, -0.1) is 0 Å². The highest BCUT2D eigenvalue weighted by molar-refractivity contribution is 5.55. The molecule has 0 aromatic heterocycles. The van der Waals surface area contributed by atoms with Crippen molar-refractivity contribution in [2.45, 2.75) is 107 Å². The molecule has 0 heterocycles. The van der Waals surface area contributed by atoms with Gasteiger partial charge in [-0.05, 0) is 0 Å². The highest BCUT2D eigenvalue weighted by atomic mass is 19.4. The second-order valence-electron chi connectivity index (χ2n) is 11.1. The maximum atomic E-state index is 16.1. The molecule has 4 aliphatic carbocycles. The molecule has 4 aliphatic rings. The van der Waals surface area contributed by atoms with Gasteiger partial charge in [0.15, 0.2) is 0 Å². The Hall–Kier alpha value is -2.28. The predicted octanol–water partition coefficient (Wildman–Crippen LogP) is 5.44. The average molecular weight is 876 g/mol. The molecule has 0 atom stereocenters. The van der Waals surface area contributed by atoms with Crippen molar-refractivity contribution in [1.82, 2.24) is 0 Å². The molecule has 0 aromatic rings. The summed E-state index contributed by atoms with van der Waals surface area (Å²) in [4.78, 5) is 0. The monoisotopic (exact) mass is 876 g/mol. The first-order chi connectivity index (χ1) is 22.8. The van der Waals surface area contributed by atoms with Gasteiger partial charge >= 0.3 is 84.2 Å². The van der Waals surface area contributed by atoms with Crippen LogP contribution < -0.4 is 22.9 Å². The molecule has 8 N–H and O–H groups in total. The van der Waals surface area contributed by atoms with Crippen LogP contribution in [0, 0.1) is 0 Å². The van der Waals surface area contributed by atoms with Crippen molar-refractivity contribution in [2.75, 3.05) is 0 Å².